The lowest BCUT2D eigenvalue weighted by atomic mass is 9.87. The van der Waals surface area contributed by atoms with Gasteiger partial charge in [0, 0.05) is 6.04 Å². The van der Waals surface area contributed by atoms with Gasteiger partial charge in [-0.05, 0) is 18.8 Å². The van der Waals surface area contributed by atoms with Crippen LogP contribution in [0.25, 0.3) is 0 Å². The standard InChI is InChI=1S/C7H14ClN/c1-5-3-2-4-6(9)7(5)8/h5-7H,2-4,9H2,1H3. The molecule has 0 heterocycles. The van der Waals surface area contributed by atoms with Crippen LogP contribution in [0.4, 0.5) is 0 Å². The third-order valence-corrected chi connectivity index (χ3v) is 2.90. The fourth-order valence-corrected chi connectivity index (χ4v) is 1.67. The smallest absolute Gasteiger partial charge is 0.0512 e. The van der Waals surface area contributed by atoms with Gasteiger partial charge in [-0.1, -0.05) is 13.3 Å². The summed E-state index contributed by atoms with van der Waals surface area (Å²) in [4.78, 5) is 0. The number of rotatable bonds is 0. The maximum Gasteiger partial charge on any atom is 0.0512 e. The lowest BCUT2D eigenvalue weighted by Gasteiger charge is -2.29. The Morgan fingerprint density at radius 3 is 2.56 bits per heavy atom. The Balaban J connectivity index is 2.41. The van der Waals surface area contributed by atoms with Crippen molar-refractivity contribution in [3.05, 3.63) is 0 Å². The summed E-state index contributed by atoms with van der Waals surface area (Å²) in [6, 6.07) is 0.246. The molecule has 1 saturated carbocycles. The van der Waals surface area contributed by atoms with Crippen LogP contribution >= 0.6 is 11.6 Å². The van der Waals surface area contributed by atoms with Crippen molar-refractivity contribution < 1.29 is 0 Å². The first-order chi connectivity index (χ1) is 4.22. The first-order valence-corrected chi connectivity index (χ1v) is 4.05. The molecule has 1 aliphatic carbocycles. The number of hydrogen-bond acceptors (Lipinski definition) is 1. The van der Waals surface area contributed by atoms with Gasteiger partial charge in [-0.3, -0.25) is 0 Å². The second kappa shape index (κ2) is 2.89. The van der Waals surface area contributed by atoms with E-state index in [-0.39, 0.29) is 11.4 Å². The molecule has 2 heteroatoms. The second-order valence-electron chi connectivity index (χ2n) is 3.02. The fourth-order valence-electron chi connectivity index (χ4n) is 1.42. The Bertz CT molecular complexity index is 84.9. The quantitative estimate of drug-likeness (QED) is 0.519. The zero-order valence-electron chi connectivity index (χ0n) is 5.81. The van der Waals surface area contributed by atoms with Gasteiger partial charge in [-0.2, -0.15) is 0 Å². The topological polar surface area (TPSA) is 26.0 Å². The van der Waals surface area contributed by atoms with Crippen LogP contribution in [0.1, 0.15) is 26.2 Å². The molecule has 54 valence electrons. The molecule has 1 aliphatic rings. The predicted molar refractivity (Wildman–Crippen MR) is 40.6 cm³/mol. The number of alkyl halides is 1. The summed E-state index contributed by atoms with van der Waals surface area (Å²) < 4.78 is 0. The summed E-state index contributed by atoms with van der Waals surface area (Å²) in [6.07, 6.45) is 3.62. The van der Waals surface area contributed by atoms with E-state index in [4.69, 9.17) is 17.3 Å². The third-order valence-electron chi connectivity index (χ3n) is 2.15. The van der Waals surface area contributed by atoms with E-state index in [0.29, 0.717) is 5.92 Å². The molecule has 1 fully saturated rings. The lowest BCUT2D eigenvalue weighted by molar-refractivity contribution is 0.352. The van der Waals surface area contributed by atoms with Crippen molar-refractivity contribution in [1.82, 2.24) is 0 Å². The highest BCUT2D eigenvalue weighted by Gasteiger charge is 2.25. The zero-order valence-corrected chi connectivity index (χ0v) is 6.56. The summed E-state index contributed by atoms with van der Waals surface area (Å²) in [5.41, 5.74) is 5.74. The van der Waals surface area contributed by atoms with Crippen molar-refractivity contribution >= 4 is 11.6 Å². The summed E-state index contributed by atoms with van der Waals surface area (Å²) >= 11 is 5.99. The van der Waals surface area contributed by atoms with Crippen molar-refractivity contribution in [2.24, 2.45) is 11.7 Å². The van der Waals surface area contributed by atoms with Crippen LogP contribution in [-0.4, -0.2) is 11.4 Å². The van der Waals surface area contributed by atoms with E-state index >= 15 is 0 Å². The average molecular weight is 148 g/mol. The van der Waals surface area contributed by atoms with Crippen LogP contribution in [-0.2, 0) is 0 Å². The average Bonchev–Trinajstić information content (AvgIpc) is 1.83. The molecule has 2 N–H and O–H groups in total. The molecule has 0 aromatic heterocycles. The minimum Gasteiger partial charge on any atom is -0.326 e. The molecule has 3 unspecified atom stereocenters. The molecule has 1 rings (SSSR count). The Morgan fingerprint density at radius 2 is 2.11 bits per heavy atom. The molecule has 0 amide bonds. The van der Waals surface area contributed by atoms with E-state index in [1.54, 1.807) is 0 Å². The van der Waals surface area contributed by atoms with E-state index in [1.165, 1.54) is 12.8 Å². The fraction of sp³-hybridized carbons (Fsp3) is 1.00. The number of nitrogens with two attached hydrogens (primary N) is 1. The molecule has 9 heavy (non-hydrogen) atoms. The Hall–Kier alpha value is 0.250. The molecule has 0 aromatic carbocycles. The Morgan fingerprint density at radius 1 is 1.44 bits per heavy atom. The molecule has 0 aromatic rings. The second-order valence-corrected chi connectivity index (χ2v) is 3.52. The van der Waals surface area contributed by atoms with Gasteiger partial charge in [0.15, 0.2) is 0 Å². The van der Waals surface area contributed by atoms with Crippen molar-refractivity contribution in [3.63, 3.8) is 0 Å². The highest BCUT2D eigenvalue weighted by molar-refractivity contribution is 6.21. The van der Waals surface area contributed by atoms with Gasteiger partial charge in [0.1, 0.15) is 0 Å². The van der Waals surface area contributed by atoms with Crippen LogP contribution < -0.4 is 5.73 Å². The van der Waals surface area contributed by atoms with Gasteiger partial charge in [-0.25, -0.2) is 0 Å². The molecular weight excluding hydrogens is 134 g/mol. The van der Waals surface area contributed by atoms with Crippen molar-refractivity contribution in [1.29, 1.82) is 0 Å². The van der Waals surface area contributed by atoms with Gasteiger partial charge in [0.25, 0.3) is 0 Å². The van der Waals surface area contributed by atoms with E-state index in [9.17, 15) is 0 Å². The number of halogens is 1. The molecule has 3 atom stereocenters. The molecule has 0 saturated heterocycles. The van der Waals surface area contributed by atoms with E-state index in [2.05, 4.69) is 6.92 Å². The monoisotopic (exact) mass is 147 g/mol. The van der Waals surface area contributed by atoms with Crippen LogP contribution in [0.3, 0.4) is 0 Å². The maximum absolute atomic E-state index is 5.99. The predicted octanol–water partition coefficient (Wildman–Crippen LogP) is 1.74. The van der Waals surface area contributed by atoms with Crippen LogP contribution in [0.15, 0.2) is 0 Å². The van der Waals surface area contributed by atoms with Crippen molar-refractivity contribution in [2.75, 3.05) is 0 Å². The summed E-state index contributed by atoms with van der Waals surface area (Å²) in [5.74, 6) is 0.621. The van der Waals surface area contributed by atoms with Gasteiger partial charge >= 0.3 is 0 Å². The Labute approximate surface area is 61.6 Å². The van der Waals surface area contributed by atoms with Gasteiger partial charge in [0.05, 0.1) is 5.38 Å². The van der Waals surface area contributed by atoms with Crippen molar-refractivity contribution in [3.8, 4) is 0 Å². The van der Waals surface area contributed by atoms with Gasteiger partial charge in [-0.15, -0.1) is 11.6 Å². The van der Waals surface area contributed by atoms with E-state index < -0.39 is 0 Å². The SMILES string of the molecule is CC1CCCC(N)C1Cl. The Kier molecular flexibility index (Phi) is 2.36. The van der Waals surface area contributed by atoms with Crippen LogP contribution in [0, 0.1) is 5.92 Å². The first kappa shape index (κ1) is 7.36. The van der Waals surface area contributed by atoms with Gasteiger partial charge < -0.3 is 5.73 Å². The first-order valence-electron chi connectivity index (χ1n) is 3.61. The van der Waals surface area contributed by atoms with Crippen LogP contribution in [0.2, 0.25) is 0 Å². The van der Waals surface area contributed by atoms with E-state index in [1.807, 2.05) is 0 Å². The maximum atomic E-state index is 5.99. The molecule has 0 radical (unpaired) electrons. The minimum absolute atomic E-state index is 0.221. The van der Waals surface area contributed by atoms with Crippen molar-refractivity contribution in [2.45, 2.75) is 37.6 Å². The normalized spacial score (nSPS) is 45.0. The lowest BCUT2D eigenvalue weighted by Crippen LogP contribution is -2.38. The molecule has 0 spiro atoms. The molecule has 1 nitrogen and oxygen atoms in total. The minimum atomic E-state index is 0.221. The number of hydrogen-bond donors (Lipinski definition) is 1. The zero-order chi connectivity index (χ0) is 6.85. The molecule has 0 bridgehead atoms. The molecular formula is C7H14ClN. The van der Waals surface area contributed by atoms with E-state index in [0.717, 1.165) is 6.42 Å². The highest BCUT2D eigenvalue weighted by Crippen LogP contribution is 2.26. The summed E-state index contributed by atoms with van der Waals surface area (Å²) in [6.45, 7) is 2.18. The third kappa shape index (κ3) is 1.59. The summed E-state index contributed by atoms with van der Waals surface area (Å²) in [7, 11) is 0. The summed E-state index contributed by atoms with van der Waals surface area (Å²) in [5, 5.41) is 0.221. The molecule has 0 aliphatic heterocycles. The highest BCUT2D eigenvalue weighted by atomic mass is 35.5. The van der Waals surface area contributed by atoms with Gasteiger partial charge in [0.2, 0.25) is 0 Å². The largest absolute Gasteiger partial charge is 0.326 e. The van der Waals surface area contributed by atoms with Crippen LogP contribution in [0.5, 0.6) is 0 Å².